The Bertz CT molecular complexity index is 2830. The molecule has 6 aliphatic carbocycles. The molecule has 2 aromatic heterocycles. The maximum atomic E-state index is 12.4. The van der Waals surface area contributed by atoms with Crippen molar-refractivity contribution in [3.8, 4) is 0 Å². The molecular weight excluding hydrogens is 811 g/mol. The number of ether oxygens (including phenoxy) is 2. The van der Waals surface area contributed by atoms with Crippen molar-refractivity contribution in [2.45, 2.75) is 170 Å². The van der Waals surface area contributed by atoms with Crippen molar-refractivity contribution in [3.05, 3.63) is 131 Å². The van der Waals surface area contributed by atoms with E-state index < -0.39 is 0 Å². The zero-order valence-corrected chi connectivity index (χ0v) is 39.3. The van der Waals surface area contributed by atoms with E-state index in [1.807, 2.05) is 24.8 Å². The van der Waals surface area contributed by atoms with E-state index in [0.717, 1.165) is 31.7 Å². The van der Waals surface area contributed by atoms with Crippen LogP contribution in [-0.2, 0) is 14.3 Å². The minimum atomic E-state index is -0.294. The molecule has 0 amide bonds. The van der Waals surface area contributed by atoms with Crippen LogP contribution >= 0.6 is 0 Å². The summed E-state index contributed by atoms with van der Waals surface area (Å²) in [5.41, 5.74) is 8.92. The van der Waals surface area contributed by atoms with Gasteiger partial charge in [0.1, 0.15) is 5.78 Å². The van der Waals surface area contributed by atoms with Gasteiger partial charge in [0.2, 0.25) is 0 Å². The molecule has 0 N–H and O–H groups in total. The summed E-state index contributed by atoms with van der Waals surface area (Å²) in [5, 5.41) is 5.07. The molecule has 0 radical (unpaired) electrons. The van der Waals surface area contributed by atoms with Crippen LogP contribution in [-0.4, -0.2) is 62.2 Å². The maximum absolute atomic E-state index is 12.4. The third-order valence-electron chi connectivity index (χ3n) is 20.9. The standard InChI is InChI=1S/C32H38N2O.C28H29NO2/c1-30-12-10-26-19-25-6-7-27(34-16-2-3-17-34)20-31(25)13-14-32(26,35-31)29(30)9-8-28(30)23-5-4-22-11-15-33-21-24(22)18-23;1-26-10-8-22-15-21-4-5-23(30)16-27(21)11-12-28(22,31-27)25(26)7-6-24(26)19-3-2-18-9-13-29-17-20(18)14-19/h4-5,10-11,15,18-19,21,27-29H,2-3,6-9,12-14,16-17,20H2,1H3;2-3,8-9,13-15,17,24-25H,4-7,10-12,16H2,1H3/t27-,28-,29-,30-,31?,32-;24-,25-,26-,27?,28-/m11/s1. The Labute approximate surface area is 391 Å². The summed E-state index contributed by atoms with van der Waals surface area (Å²) in [6.45, 7) is 7.70. The van der Waals surface area contributed by atoms with Crippen LogP contribution in [0, 0.1) is 22.7 Å². The molecule has 11 atom stereocenters. The number of carbonyl (C=O) groups excluding carboxylic acids is 1. The van der Waals surface area contributed by atoms with E-state index in [4.69, 9.17) is 9.47 Å². The first kappa shape index (κ1) is 40.8. The summed E-state index contributed by atoms with van der Waals surface area (Å²) in [6, 6.07) is 19.1. The van der Waals surface area contributed by atoms with Crippen molar-refractivity contribution in [1.82, 2.24) is 14.9 Å². The number of carbonyl (C=O) groups is 1. The van der Waals surface area contributed by atoms with Gasteiger partial charge in [-0.2, -0.15) is 0 Å². The van der Waals surface area contributed by atoms with Crippen LogP contribution in [0.15, 0.2) is 120 Å². The highest BCUT2D eigenvalue weighted by Gasteiger charge is 2.68. The van der Waals surface area contributed by atoms with Gasteiger partial charge < -0.3 is 14.4 Å². The molecule has 340 valence electrons. The summed E-state index contributed by atoms with van der Waals surface area (Å²) in [7, 11) is 0. The fraction of sp³-hybridized carbons (Fsp3) is 0.550. The first-order chi connectivity index (χ1) is 32.1. The van der Waals surface area contributed by atoms with Gasteiger partial charge in [-0.1, -0.05) is 62.4 Å². The number of Topliss-reactive ketones (excluding diaryl/α,β-unsaturated/α-hetero) is 1. The van der Waals surface area contributed by atoms with E-state index in [1.165, 1.54) is 134 Å². The Morgan fingerprint density at radius 1 is 0.606 bits per heavy atom. The number of pyridine rings is 2. The molecule has 7 fully saturated rings. The second-order valence-corrected chi connectivity index (χ2v) is 23.7. The predicted octanol–water partition coefficient (Wildman–Crippen LogP) is 13.0. The lowest BCUT2D eigenvalue weighted by atomic mass is 9.58. The predicted molar refractivity (Wildman–Crippen MR) is 261 cm³/mol. The van der Waals surface area contributed by atoms with Crippen molar-refractivity contribution in [1.29, 1.82) is 0 Å². The Morgan fingerprint density at radius 3 is 1.77 bits per heavy atom. The second-order valence-electron chi connectivity index (χ2n) is 23.7. The van der Waals surface area contributed by atoms with E-state index in [-0.39, 0.29) is 33.2 Å². The number of hydrogen-bond acceptors (Lipinski definition) is 6. The molecule has 4 aromatic rings. The van der Waals surface area contributed by atoms with Gasteiger partial charge in [-0.25, -0.2) is 0 Å². The van der Waals surface area contributed by atoms with Crippen LogP contribution < -0.4 is 0 Å². The highest BCUT2D eigenvalue weighted by atomic mass is 16.5. The number of fused-ring (bicyclic) bond motifs is 4. The molecule has 11 aliphatic rings. The largest absolute Gasteiger partial charge is 0.359 e. The molecule has 66 heavy (non-hydrogen) atoms. The van der Waals surface area contributed by atoms with Gasteiger partial charge in [0.05, 0.1) is 22.4 Å². The first-order valence-corrected chi connectivity index (χ1v) is 26.3. The van der Waals surface area contributed by atoms with Gasteiger partial charge in [-0.15, -0.1) is 0 Å². The average Bonchev–Trinajstić information content (AvgIpc) is 4.18. The van der Waals surface area contributed by atoms with E-state index in [1.54, 1.807) is 11.1 Å². The Morgan fingerprint density at radius 2 is 1.17 bits per heavy atom. The zero-order valence-electron chi connectivity index (χ0n) is 39.3. The lowest BCUT2D eigenvalue weighted by molar-refractivity contribution is -0.146. The van der Waals surface area contributed by atoms with Gasteiger partial charge in [0.25, 0.3) is 0 Å². The number of allylic oxidation sites excluding steroid dienone is 2. The fourth-order valence-electron chi connectivity index (χ4n) is 17.8. The van der Waals surface area contributed by atoms with E-state index in [2.05, 4.69) is 102 Å². The maximum Gasteiger partial charge on any atom is 0.136 e. The number of hydrogen-bond donors (Lipinski definition) is 0. The number of aromatic nitrogens is 2. The highest BCUT2D eigenvalue weighted by molar-refractivity contribution is 5.84. The Hall–Kier alpha value is -4.23. The number of ketones is 1. The zero-order chi connectivity index (χ0) is 44.1. The topological polar surface area (TPSA) is 64.5 Å². The molecule has 15 rings (SSSR count). The number of nitrogens with zero attached hydrogens (tertiary/aromatic N) is 3. The van der Waals surface area contributed by atoms with Crippen molar-refractivity contribution in [3.63, 3.8) is 0 Å². The smallest absolute Gasteiger partial charge is 0.136 e. The number of likely N-dealkylation sites (tertiary alicyclic amines) is 1. The van der Waals surface area contributed by atoms with Crippen LogP contribution in [0.25, 0.3) is 21.5 Å². The van der Waals surface area contributed by atoms with Crippen LogP contribution in [0.4, 0.5) is 0 Å². The normalized spacial score (nSPS) is 41.6. The third kappa shape index (κ3) is 5.67. The SMILES string of the molecule is C[C@]12CC=C3C=C4CCC(=O)CC45CC[C@]3(O5)[C@@H]1CC[C@@H]2c1ccc2ccncc2c1.C[C@]12CC=C3C=C4CC[C@@H](N5CCCC5)CC45CC[C@]3(O5)[C@@H]1CC[C@@H]2c1ccc2ccncc2c1. The summed E-state index contributed by atoms with van der Waals surface area (Å²) >= 11 is 0. The highest BCUT2D eigenvalue weighted by Crippen LogP contribution is 2.71. The van der Waals surface area contributed by atoms with Crippen LogP contribution in [0.2, 0.25) is 0 Å². The quantitative estimate of drug-likeness (QED) is 0.204. The third-order valence-corrected chi connectivity index (χ3v) is 20.9. The average molecular weight is 878 g/mol. The molecular formula is C60H67N3O3. The van der Waals surface area contributed by atoms with Gasteiger partial charge >= 0.3 is 0 Å². The fourth-order valence-corrected chi connectivity index (χ4v) is 17.8. The molecule has 6 heteroatoms. The monoisotopic (exact) mass is 878 g/mol. The lowest BCUT2D eigenvalue weighted by Gasteiger charge is -2.55. The van der Waals surface area contributed by atoms with Crippen molar-refractivity contribution >= 4 is 27.3 Å². The minimum absolute atomic E-state index is 0.0216. The number of benzene rings is 2. The molecule has 5 aliphatic heterocycles. The van der Waals surface area contributed by atoms with E-state index >= 15 is 0 Å². The van der Waals surface area contributed by atoms with Gasteiger partial charge in [-0.3, -0.25) is 14.8 Å². The molecule has 3 saturated heterocycles. The molecule has 2 aromatic carbocycles. The Balaban J connectivity index is 0.000000127. The summed E-state index contributed by atoms with van der Waals surface area (Å²) in [6.07, 6.45) is 38.6. The van der Waals surface area contributed by atoms with Gasteiger partial charge in [0, 0.05) is 54.4 Å². The van der Waals surface area contributed by atoms with E-state index in [9.17, 15) is 4.79 Å². The van der Waals surface area contributed by atoms with Crippen LogP contribution in [0.3, 0.4) is 0 Å². The first-order valence-electron chi connectivity index (χ1n) is 26.3. The summed E-state index contributed by atoms with van der Waals surface area (Å²) < 4.78 is 14.6. The van der Waals surface area contributed by atoms with Gasteiger partial charge in [-0.05, 0) is 219 Å². The van der Waals surface area contributed by atoms with Crippen molar-refractivity contribution in [2.24, 2.45) is 22.7 Å². The number of rotatable bonds is 3. The van der Waals surface area contributed by atoms with Crippen molar-refractivity contribution < 1.29 is 14.3 Å². The van der Waals surface area contributed by atoms with Crippen LogP contribution in [0.1, 0.15) is 152 Å². The van der Waals surface area contributed by atoms with E-state index in [0.29, 0.717) is 42.3 Å². The Kier molecular flexibility index (Phi) is 8.90. The minimum Gasteiger partial charge on any atom is -0.359 e. The molecule has 2 unspecified atom stereocenters. The molecule has 4 spiro atoms. The summed E-state index contributed by atoms with van der Waals surface area (Å²) in [5.74, 6) is 2.65. The lowest BCUT2D eigenvalue weighted by Crippen LogP contribution is -2.55. The molecule has 7 heterocycles. The van der Waals surface area contributed by atoms with Crippen LogP contribution in [0.5, 0.6) is 0 Å². The molecule has 4 bridgehead atoms. The molecule has 6 nitrogen and oxygen atoms in total. The van der Waals surface area contributed by atoms with Crippen molar-refractivity contribution in [2.75, 3.05) is 13.1 Å². The summed E-state index contributed by atoms with van der Waals surface area (Å²) in [4.78, 5) is 23.9. The van der Waals surface area contributed by atoms with Gasteiger partial charge in [0.15, 0.2) is 0 Å². The molecule has 4 saturated carbocycles. The second kappa shape index (κ2) is 14.4.